The van der Waals surface area contributed by atoms with Crippen molar-refractivity contribution in [2.45, 2.75) is 48.6 Å². The second kappa shape index (κ2) is 11.3. The first kappa shape index (κ1) is 27.2. The van der Waals surface area contributed by atoms with Crippen LogP contribution in [0, 0.1) is 5.92 Å². The highest BCUT2D eigenvalue weighted by molar-refractivity contribution is 7.89. The van der Waals surface area contributed by atoms with Crippen LogP contribution in [0.4, 0.5) is 5.95 Å². The number of carboxylic acids is 1. The Morgan fingerprint density at radius 1 is 1.24 bits per heavy atom. The van der Waals surface area contributed by atoms with Gasteiger partial charge in [-0.25, -0.2) is 13.4 Å². The topological polar surface area (TPSA) is 175 Å². The minimum Gasteiger partial charge on any atom is -0.480 e. The first-order valence-electron chi connectivity index (χ1n) is 11.5. The molecule has 1 fully saturated rings. The number of rotatable bonds is 10. The number of imidazole rings is 1. The largest absolute Gasteiger partial charge is 0.480 e. The number of carboxylic acid groups (broad SMARTS) is 1. The van der Waals surface area contributed by atoms with Crippen LogP contribution < -0.4 is 15.4 Å². The summed E-state index contributed by atoms with van der Waals surface area (Å²) in [5.41, 5.74) is -0.434. The van der Waals surface area contributed by atoms with E-state index in [1.807, 2.05) is 4.72 Å². The highest BCUT2D eigenvalue weighted by Gasteiger charge is 2.44. The Morgan fingerprint density at radius 3 is 2.57 bits per heavy atom. The Bertz CT molecular complexity index is 1260. The lowest BCUT2D eigenvalue weighted by atomic mass is 9.76. The third-order valence-electron chi connectivity index (χ3n) is 6.42. The van der Waals surface area contributed by atoms with Crippen molar-refractivity contribution in [2.24, 2.45) is 11.1 Å². The van der Waals surface area contributed by atoms with Crippen LogP contribution in [0.1, 0.15) is 32.1 Å². The number of nitrogens with one attached hydrogen (secondary N) is 4. The van der Waals surface area contributed by atoms with Crippen LogP contribution in [0.15, 0.2) is 40.6 Å². The molecule has 12 nitrogen and oxygen atoms in total. The number of nitrogens with zero attached hydrogens (tertiary/aromatic N) is 2. The molecule has 1 atom stereocenters. The molecule has 2 aromatic rings. The monoisotopic (exact) mass is 572 g/mol. The second-order valence-electron chi connectivity index (χ2n) is 9.02. The van der Waals surface area contributed by atoms with Gasteiger partial charge in [-0.15, -0.1) is 0 Å². The second-order valence-corrected chi connectivity index (χ2v) is 11.5. The molecule has 1 amide bonds. The van der Waals surface area contributed by atoms with Gasteiger partial charge in [-0.3, -0.25) is 9.59 Å². The van der Waals surface area contributed by atoms with Gasteiger partial charge in [-0.05, 0) is 43.7 Å². The van der Waals surface area contributed by atoms with Crippen molar-refractivity contribution < 1.29 is 28.0 Å². The Balaban J connectivity index is 1.28. The van der Waals surface area contributed by atoms with Crippen LogP contribution in [-0.2, 0) is 24.4 Å². The number of H-pyrrole nitrogens is 1. The van der Waals surface area contributed by atoms with Crippen LogP contribution in [0.2, 0.25) is 10.0 Å². The maximum Gasteiger partial charge on any atom is 0.323 e. The molecule has 200 valence electrons. The molecule has 1 aliphatic carbocycles. The van der Waals surface area contributed by atoms with Gasteiger partial charge in [0.1, 0.15) is 22.3 Å². The number of aromatic amines is 1. The number of oxime groups is 1. The average molecular weight is 573 g/mol. The summed E-state index contributed by atoms with van der Waals surface area (Å²) in [6.07, 6.45) is 6.90. The molecule has 1 aromatic carbocycles. The number of sulfonamides is 1. The zero-order chi connectivity index (χ0) is 26.6. The van der Waals surface area contributed by atoms with Crippen LogP contribution in [0.25, 0.3) is 0 Å². The zero-order valence-corrected chi connectivity index (χ0v) is 21.9. The van der Waals surface area contributed by atoms with E-state index < -0.39 is 45.0 Å². The molecule has 15 heteroatoms. The number of hydrogen-bond donors (Lipinski definition) is 5. The number of carbonyl (C=O) groups is 2. The van der Waals surface area contributed by atoms with Gasteiger partial charge in [0.25, 0.3) is 5.91 Å². The molecule has 2 aliphatic rings. The fraction of sp³-hybridized carbons (Fsp3) is 0.455. The maximum atomic E-state index is 12.7. The summed E-state index contributed by atoms with van der Waals surface area (Å²) in [6, 6.07) is 2.42. The van der Waals surface area contributed by atoms with Crippen molar-refractivity contribution in [3.8, 4) is 0 Å². The van der Waals surface area contributed by atoms with Crippen LogP contribution in [-0.4, -0.2) is 65.8 Å². The van der Waals surface area contributed by atoms with Gasteiger partial charge in [-0.1, -0.05) is 34.4 Å². The molecule has 0 bridgehead atoms. The standard InChI is InChI=1S/C22H26Cl2N6O6S/c23-14-2-1-3-15(24)18(14)37(34,35)30-17(20(32)33)12-27-19(31)16-10-22(36-29-16)6-4-13(5-7-22)11-28-21-25-8-9-26-21/h1-3,8-9,13,17,30H,4-7,10-12H2,(H,27,31)(H,32,33)(H2,25,26,28)/t13?,17-,22?/m0/s1. The quantitative estimate of drug-likeness (QED) is 0.288. The number of benzene rings is 1. The summed E-state index contributed by atoms with van der Waals surface area (Å²) in [7, 11) is -4.39. The average Bonchev–Trinajstić information content (AvgIpc) is 3.51. The summed E-state index contributed by atoms with van der Waals surface area (Å²) >= 11 is 11.9. The fourth-order valence-corrected chi connectivity index (χ4v) is 6.72. The molecule has 37 heavy (non-hydrogen) atoms. The van der Waals surface area contributed by atoms with Gasteiger partial charge in [-0.2, -0.15) is 4.72 Å². The lowest BCUT2D eigenvalue weighted by Gasteiger charge is -2.34. The molecular weight excluding hydrogens is 547 g/mol. The molecule has 5 N–H and O–H groups in total. The van der Waals surface area contributed by atoms with Gasteiger partial charge in [0, 0.05) is 31.9 Å². The van der Waals surface area contributed by atoms with Crippen LogP contribution in [0.3, 0.4) is 0 Å². The van der Waals surface area contributed by atoms with E-state index in [2.05, 4.69) is 25.8 Å². The van der Waals surface area contributed by atoms with Crippen molar-refractivity contribution in [2.75, 3.05) is 18.4 Å². The lowest BCUT2D eigenvalue weighted by Crippen LogP contribution is -2.49. The summed E-state index contributed by atoms with van der Waals surface area (Å²) in [5, 5.41) is 18.8. The minimum absolute atomic E-state index is 0.133. The van der Waals surface area contributed by atoms with Crippen molar-refractivity contribution in [1.29, 1.82) is 0 Å². The van der Waals surface area contributed by atoms with Gasteiger partial charge in [0.15, 0.2) is 5.95 Å². The normalized spacial score (nSPS) is 22.2. The SMILES string of the molecule is O=C(NC[C@H](NS(=O)(=O)c1c(Cl)cccc1Cl)C(=O)O)C1=NOC2(CCC(CNc3ncc[nH]3)CC2)C1. The van der Waals surface area contributed by atoms with Crippen molar-refractivity contribution in [3.05, 3.63) is 40.6 Å². The Morgan fingerprint density at radius 2 is 1.95 bits per heavy atom. The highest BCUT2D eigenvalue weighted by atomic mass is 35.5. The zero-order valence-electron chi connectivity index (χ0n) is 19.5. The van der Waals surface area contributed by atoms with E-state index in [-0.39, 0.29) is 22.2 Å². The highest BCUT2D eigenvalue weighted by Crippen LogP contribution is 2.40. The van der Waals surface area contributed by atoms with Crippen LogP contribution in [0.5, 0.6) is 0 Å². The molecule has 0 saturated heterocycles. The maximum absolute atomic E-state index is 12.7. The van der Waals surface area contributed by atoms with Gasteiger partial charge >= 0.3 is 5.97 Å². The van der Waals surface area contributed by atoms with Crippen LogP contribution >= 0.6 is 23.2 Å². The lowest BCUT2D eigenvalue weighted by molar-refractivity contribution is -0.138. The first-order chi connectivity index (χ1) is 17.6. The van der Waals surface area contributed by atoms with E-state index in [1.165, 1.54) is 18.2 Å². The minimum atomic E-state index is -4.39. The van der Waals surface area contributed by atoms with E-state index in [9.17, 15) is 23.1 Å². The fourth-order valence-electron chi connectivity index (χ4n) is 4.38. The van der Waals surface area contributed by atoms with E-state index in [0.717, 1.165) is 25.3 Å². The number of hydrogen-bond acceptors (Lipinski definition) is 8. The van der Waals surface area contributed by atoms with E-state index in [0.29, 0.717) is 18.8 Å². The van der Waals surface area contributed by atoms with E-state index in [1.54, 1.807) is 12.4 Å². The van der Waals surface area contributed by atoms with Gasteiger partial charge in [0.05, 0.1) is 10.0 Å². The molecule has 1 spiro atoms. The molecule has 0 unspecified atom stereocenters. The summed E-state index contributed by atoms with van der Waals surface area (Å²) in [4.78, 5) is 36.8. The predicted octanol–water partition coefficient (Wildman–Crippen LogP) is 2.38. The molecule has 2 heterocycles. The number of carbonyl (C=O) groups excluding carboxylic acids is 1. The summed E-state index contributed by atoms with van der Waals surface area (Å²) < 4.78 is 27.5. The Hall–Kier alpha value is -2.87. The molecule has 1 saturated carbocycles. The number of anilines is 1. The summed E-state index contributed by atoms with van der Waals surface area (Å²) in [6.45, 7) is 0.242. The van der Waals surface area contributed by atoms with E-state index >= 15 is 0 Å². The smallest absolute Gasteiger partial charge is 0.323 e. The van der Waals surface area contributed by atoms with Crippen molar-refractivity contribution in [1.82, 2.24) is 20.0 Å². The predicted molar refractivity (Wildman–Crippen MR) is 136 cm³/mol. The van der Waals surface area contributed by atoms with E-state index in [4.69, 9.17) is 28.0 Å². The number of halogens is 2. The van der Waals surface area contributed by atoms with Gasteiger partial charge < -0.3 is 25.6 Å². The molecule has 1 aliphatic heterocycles. The Labute approximate surface area is 223 Å². The third kappa shape index (κ3) is 6.53. The first-order valence-corrected chi connectivity index (χ1v) is 13.8. The molecule has 1 aromatic heterocycles. The molecule has 0 radical (unpaired) electrons. The Kier molecular flexibility index (Phi) is 8.26. The number of amides is 1. The van der Waals surface area contributed by atoms with Gasteiger partial charge in [0.2, 0.25) is 10.0 Å². The molecular formula is C22H26Cl2N6O6S. The number of aromatic nitrogens is 2. The van der Waals surface area contributed by atoms with Crippen molar-refractivity contribution in [3.63, 3.8) is 0 Å². The number of aliphatic carboxylic acids is 1. The van der Waals surface area contributed by atoms with Crippen molar-refractivity contribution >= 4 is 56.8 Å². The molecule has 4 rings (SSSR count). The third-order valence-corrected chi connectivity index (χ3v) is 8.85. The summed E-state index contributed by atoms with van der Waals surface area (Å²) in [5.74, 6) is -0.973.